The summed E-state index contributed by atoms with van der Waals surface area (Å²) in [5.74, 6) is 0. The maximum Gasteiger partial charge on any atom is 0.260 e. The molecule has 1 aliphatic heterocycles. The molecule has 1 saturated heterocycles. The van der Waals surface area contributed by atoms with Crippen molar-refractivity contribution in [2.24, 2.45) is 0 Å². The van der Waals surface area contributed by atoms with Crippen LogP contribution in [0.3, 0.4) is 0 Å². The zero-order valence-electron chi connectivity index (χ0n) is 17.1. The SMILES string of the molecule is O=c1c2cc3c(=O)n(Cc4ccccn4)ccc3nc2ccn1CCN1CCOCC1. The van der Waals surface area contributed by atoms with Gasteiger partial charge in [0.05, 0.1) is 47.3 Å². The van der Waals surface area contributed by atoms with Gasteiger partial charge in [-0.15, -0.1) is 0 Å². The van der Waals surface area contributed by atoms with Crippen LogP contribution in [0.2, 0.25) is 0 Å². The van der Waals surface area contributed by atoms with Gasteiger partial charge in [0.2, 0.25) is 0 Å². The van der Waals surface area contributed by atoms with Gasteiger partial charge in [0.15, 0.2) is 0 Å². The minimum atomic E-state index is -0.180. The van der Waals surface area contributed by atoms with Crippen molar-refractivity contribution in [3.63, 3.8) is 0 Å². The van der Waals surface area contributed by atoms with Gasteiger partial charge < -0.3 is 13.9 Å². The van der Waals surface area contributed by atoms with Gasteiger partial charge in [0, 0.05) is 44.8 Å². The Morgan fingerprint density at radius 1 is 0.871 bits per heavy atom. The molecule has 0 bridgehead atoms. The summed E-state index contributed by atoms with van der Waals surface area (Å²) in [6.45, 7) is 4.96. The lowest BCUT2D eigenvalue weighted by atomic mass is 10.2. The van der Waals surface area contributed by atoms with E-state index < -0.39 is 0 Å². The highest BCUT2D eigenvalue weighted by molar-refractivity contribution is 5.91. The summed E-state index contributed by atoms with van der Waals surface area (Å²) < 4.78 is 8.67. The van der Waals surface area contributed by atoms with Crippen molar-refractivity contribution in [1.82, 2.24) is 24.0 Å². The van der Waals surface area contributed by atoms with Gasteiger partial charge in [0.1, 0.15) is 0 Å². The van der Waals surface area contributed by atoms with E-state index in [1.807, 2.05) is 30.3 Å². The molecule has 0 radical (unpaired) electrons. The highest BCUT2D eigenvalue weighted by Gasteiger charge is 2.13. The number of nitrogens with zero attached hydrogens (tertiary/aromatic N) is 5. The van der Waals surface area contributed by atoms with Crippen molar-refractivity contribution >= 4 is 21.8 Å². The number of pyridine rings is 4. The van der Waals surface area contributed by atoms with Gasteiger partial charge in [-0.1, -0.05) is 6.07 Å². The standard InChI is InChI=1S/C23H23N5O3/c29-22-18-15-19-21(5-8-28(23(19)30)16-17-3-1-2-6-24-17)25-20(18)4-7-27(22)10-9-26-11-13-31-14-12-26/h1-8,15H,9-14,16H2. The normalized spacial score (nSPS) is 15.0. The van der Waals surface area contributed by atoms with E-state index in [0.717, 1.165) is 38.5 Å². The van der Waals surface area contributed by atoms with Crippen molar-refractivity contribution in [3.8, 4) is 0 Å². The second kappa shape index (κ2) is 8.41. The average Bonchev–Trinajstić information content (AvgIpc) is 2.81. The second-order valence-corrected chi connectivity index (χ2v) is 7.69. The lowest BCUT2D eigenvalue weighted by molar-refractivity contribution is 0.0363. The van der Waals surface area contributed by atoms with Gasteiger partial charge in [-0.05, 0) is 30.3 Å². The Bertz CT molecular complexity index is 1340. The van der Waals surface area contributed by atoms with Crippen LogP contribution in [0.25, 0.3) is 21.8 Å². The zero-order valence-corrected chi connectivity index (χ0v) is 17.1. The lowest BCUT2D eigenvalue weighted by Gasteiger charge is -2.26. The Balaban J connectivity index is 1.50. The third kappa shape index (κ3) is 3.99. The fraction of sp³-hybridized carbons (Fsp3) is 0.304. The highest BCUT2D eigenvalue weighted by Crippen LogP contribution is 2.14. The Morgan fingerprint density at radius 2 is 1.58 bits per heavy atom. The topological polar surface area (TPSA) is 82.2 Å². The Labute approximate surface area is 178 Å². The number of aromatic nitrogens is 4. The van der Waals surface area contributed by atoms with Crippen LogP contribution in [-0.4, -0.2) is 56.9 Å². The summed E-state index contributed by atoms with van der Waals surface area (Å²) in [5, 5.41) is 0.902. The monoisotopic (exact) mass is 417 g/mol. The van der Waals surface area contributed by atoms with Crippen LogP contribution in [0, 0.1) is 0 Å². The zero-order chi connectivity index (χ0) is 21.2. The smallest absolute Gasteiger partial charge is 0.260 e. The predicted molar refractivity (Wildman–Crippen MR) is 118 cm³/mol. The maximum atomic E-state index is 13.1. The number of hydrogen-bond acceptors (Lipinski definition) is 6. The molecule has 5 rings (SSSR count). The Hall–Kier alpha value is -3.36. The minimum absolute atomic E-state index is 0.125. The molecule has 0 aliphatic carbocycles. The van der Waals surface area contributed by atoms with Crippen LogP contribution in [0.4, 0.5) is 0 Å². The largest absolute Gasteiger partial charge is 0.379 e. The molecule has 0 amide bonds. The predicted octanol–water partition coefficient (Wildman–Crippen LogP) is 1.49. The summed E-state index contributed by atoms with van der Waals surface area (Å²) >= 11 is 0. The van der Waals surface area contributed by atoms with E-state index in [1.165, 1.54) is 0 Å². The number of hydrogen-bond donors (Lipinski definition) is 0. The summed E-state index contributed by atoms with van der Waals surface area (Å²) in [6.07, 6.45) is 5.21. The molecule has 4 aromatic rings. The quantitative estimate of drug-likeness (QED) is 0.458. The number of morpholine rings is 1. The van der Waals surface area contributed by atoms with Gasteiger partial charge in [-0.3, -0.25) is 19.5 Å². The molecule has 0 spiro atoms. The number of fused-ring (bicyclic) bond motifs is 2. The Morgan fingerprint density at radius 3 is 2.29 bits per heavy atom. The highest BCUT2D eigenvalue weighted by atomic mass is 16.5. The molecule has 31 heavy (non-hydrogen) atoms. The minimum Gasteiger partial charge on any atom is -0.379 e. The average molecular weight is 417 g/mol. The van der Waals surface area contributed by atoms with Crippen LogP contribution in [-0.2, 0) is 17.8 Å². The maximum absolute atomic E-state index is 13.1. The number of ether oxygens (including phenoxy) is 1. The summed E-state index contributed by atoms with van der Waals surface area (Å²) in [7, 11) is 0. The molecule has 158 valence electrons. The molecule has 0 unspecified atom stereocenters. The van der Waals surface area contributed by atoms with Crippen LogP contribution >= 0.6 is 0 Å². The molecule has 0 saturated carbocycles. The van der Waals surface area contributed by atoms with Gasteiger partial charge >= 0.3 is 0 Å². The molecule has 0 N–H and O–H groups in total. The lowest BCUT2D eigenvalue weighted by Crippen LogP contribution is -2.39. The van der Waals surface area contributed by atoms with E-state index in [0.29, 0.717) is 34.9 Å². The molecule has 8 heteroatoms. The van der Waals surface area contributed by atoms with E-state index in [4.69, 9.17) is 4.74 Å². The first kappa shape index (κ1) is 19.6. The first-order valence-corrected chi connectivity index (χ1v) is 10.4. The molecule has 5 heterocycles. The van der Waals surface area contributed by atoms with Crippen LogP contribution in [0.15, 0.2) is 64.6 Å². The van der Waals surface area contributed by atoms with Crippen molar-refractivity contribution < 1.29 is 4.74 Å². The molecule has 0 aromatic carbocycles. The summed E-state index contributed by atoms with van der Waals surface area (Å²) in [5.41, 5.74) is 1.67. The summed E-state index contributed by atoms with van der Waals surface area (Å²) in [4.78, 5) is 37.3. The molecule has 1 aliphatic rings. The molecule has 8 nitrogen and oxygen atoms in total. The van der Waals surface area contributed by atoms with E-state index in [2.05, 4.69) is 14.9 Å². The van der Waals surface area contributed by atoms with E-state index in [1.54, 1.807) is 33.8 Å². The van der Waals surface area contributed by atoms with Crippen molar-refractivity contribution in [3.05, 3.63) is 81.4 Å². The van der Waals surface area contributed by atoms with Crippen LogP contribution in [0.1, 0.15) is 5.69 Å². The second-order valence-electron chi connectivity index (χ2n) is 7.69. The molecule has 1 fully saturated rings. The van der Waals surface area contributed by atoms with E-state index in [9.17, 15) is 9.59 Å². The van der Waals surface area contributed by atoms with Gasteiger partial charge in [0.25, 0.3) is 11.1 Å². The summed E-state index contributed by atoms with van der Waals surface area (Å²) in [6, 6.07) is 10.9. The fourth-order valence-electron chi connectivity index (χ4n) is 3.95. The van der Waals surface area contributed by atoms with E-state index in [-0.39, 0.29) is 11.1 Å². The molecular weight excluding hydrogens is 394 g/mol. The molecule has 4 aromatic heterocycles. The van der Waals surface area contributed by atoms with Crippen molar-refractivity contribution in [2.75, 3.05) is 32.8 Å². The molecular formula is C23H23N5O3. The van der Waals surface area contributed by atoms with Gasteiger partial charge in [-0.25, -0.2) is 4.98 Å². The number of rotatable bonds is 5. The van der Waals surface area contributed by atoms with Crippen LogP contribution < -0.4 is 11.1 Å². The van der Waals surface area contributed by atoms with Crippen LogP contribution in [0.5, 0.6) is 0 Å². The Kier molecular flexibility index (Phi) is 5.31. The third-order valence-corrected chi connectivity index (χ3v) is 5.71. The first-order chi connectivity index (χ1) is 15.2. The van der Waals surface area contributed by atoms with Crippen molar-refractivity contribution in [1.29, 1.82) is 0 Å². The molecule has 0 atom stereocenters. The van der Waals surface area contributed by atoms with E-state index >= 15 is 0 Å². The first-order valence-electron chi connectivity index (χ1n) is 10.4. The van der Waals surface area contributed by atoms with Gasteiger partial charge in [-0.2, -0.15) is 0 Å². The third-order valence-electron chi connectivity index (χ3n) is 5.71. The van der Waals surface area contributed by atoms with Crippen molar-refractivity contribution in [2.45, 2.75) is 13.1 Å². The fourth-order valence-corrected chi connectivity index (χ4v) is 3.95.